The summed E-state index contributed by atoms with van der Waals surface area (Å²) in [5, 5.41) is 4.13. The molecule has 0 spiro atoms. The molecule has 3 heterocycles. The summed E-state index contributed by atoms with van der Waals surface area (Å²) in [6, 6.07) is 16.3. The van der Waals surface area contributed by atoms with E-state index in [0.29, 0.717) is 30.4 Å². The zero-order valence-corrected chi connectivity index (χ0v) is 24.8. The zero-order valence-electron chi connectivity index (χ0n) is 19.7. The van der Waals surface area contributed by atoms with Gasteiger partial charge in [0.1, 0.15) is 12.1 Å². The van der Waals surface area contributed by atoms with Crippen LogP contribution in [0.4, 0.5) is 11.6 Å². The predicted molar refractivity (Wildman–Crippen MR) is 164 cm³/mol. The van der Waals surface area contributed by atoms with Gasteiger partial charge in [0.2, 0.25) is 0 Å². The van der Waals surface area contributed by atoms with Crippen molar-refractivity contribution in [1.82, 2.24) is 24.8 Å². The van der Waals surface area contributed by atoms with Gasteiger partial charge in [-0.2, -0.15) is 0 Å². The van der Waals surface area contributed by atoms with Gasteiger partial charge < -0.3 is 16.0 Å². The molecule has 0 fully saturated rings. The van der Waals surface area contributed by atoms with Crippen molar-refractivity contribution < 1.29 is 4.79 Å². The summed E-state index contributed by atoms with van der Waals surface area (Å²) in [4.78, 5) is 34.2. The van der Waals surface area contributed by atoms with E-state index in [1.165, 1.54) is 9.90 Å². The lowest BCUT2D eigenvalue weighted by molar-refractivity contribution is 0.0780. The largest absolute Gasteiger partial charge is 0.383 e. The number of amides is 1. The first-order chi connectivity index (χ1) is 17.9. The highest BCUT2D eigenvalue weighted by Crippen LogP contribution is 2.31. The number of nitrogens with two attached hydrogens (primary N) is 1. The smallest absolute Gasteiger partial charge is 0.276 e. The Balaban J connectivity index is 1.29. The van der Waals surface area contributed by atoms with Crippen molar-refractivity contribution >= 4 is 85.0 Å². The Bertz CT molecular complexity index is 1610. The summed E-state index contributed by atoms with van der Waals surface area (Å²) < 4.78 is 2.35. The number of hydrogen-bond donors (Lipinski definition) is 2. The Labute approximate surface area is 245 Å². The van der Waals surface area contributed by atoms with Crippen molar-refractivity contribution in [3.63, 3.8) is 0 Å². The summed E-state index contributed by atoms with van der Waals surface area (Å²) in [6.07, 6.45) is 4.60. The highest BCUT2D eigenvalue weighted by molar-refractivity contribution is 14.1. The van der Waals surface area contributed by atoms with Crippen LogP contribution >= 0.6 is 56.5 Å². The van der Waals surface area contributed by atoms with Crippen molar-refractivity contribution in [2.45, 2.75) is 13.1 Å². The third-order valence-corrected chi connectivity index (χ3v) is 9.69. The molecule has 3 aromatic heterocycles. The lowest BCUT2D eigenvalue weighted by Crippen LogP contribution is -2.28. The van der Waals surface area contributed by atoms with E-state index in [-0.39, 0.29) is 5.91 Å². The van der Waals surface area contributed by atoms with Crippen LogP contribution in [0.25, 0.3) is 21.3 Å². The highest BCUT2D eigenvalue weighted by atomic mass is 127. The fraction of sp³-hybridized carbons (Fsp3) is 0.115. The van der Waals surface area contributed by atoms with E-state index in [0.717, 1.165) is 35.4 Å². The molecule has 11 heteroatoms. The molecule has 0 saturated heterocycles. The number of nitrogen functional groups attached to an aromatic ring is 1. The maximum Gasteiger partial charge on any atom is 0.276 e. The van der Waals surface area contributed by atoms with Crippen molar-refractivity contribution in [3.8, 4) is 10.4 Å². The van der Waals surface area contributed by atoms with E-state index < -0.39 is 0 Å². The summed E-state index contributed by atoms with van der Waals surface area (Å²) in [5.41, 5.74) is 9.26. The standard InChI is InChI=1S/C26H21I2N7OS/c1-35(13-15-2-5-19(27)20(28)10-15)26(36)23-25(31-9-8-30-23)32-12-17-4-7-22(37-17)16-3-6-21-18(11-16)24(29)34-14-33-21/h2-11,14H,12-13H2,1H3,(H,31,32)(H2,29,33,34). The molecule has 0 aliphatic carbocycles. The summed E-state index contributed by atoms with van der Waals surface area (Å²) in [7, 11) is 1.78. The number of benzene rings is 2. The number of hydrogen-bond acceptors (Lipinski definition) is 8. The van der Waals surface area contributed by atoms with Crippen LogP contribution in [0.5, 0.6) is 0 Å². The number of thiophene rings is 1. The molecular formula is C26H21I2N7OS. The molecule has 3 N–H and O–H groups in total. The Morgan fingerprint density at radius 1 is 1.00 bits per heavy atom. The molecule has 2 aromatic carbocycles. The molecule has 0 unspecified atom stereocenters. The number of nitrogens with zero attached hydrogens (tertiary/aromatic N) is 5. The summed E-state index contributed by atoms with van der Waals surface area (Å²) in [5.74, 6) is 0.737. The van der Waals surface area contributed by atoms with Gasteiger partial charge in [0.05, 0.1) is 12.1 Å². The number of nitrogens with one attached hydrogen (secondary N) is 1. The van der Waals surface area contributed by atoms with Gasteiger partial charge in [-0.05, 0) is 92.7 Å². The average Bonchev–Trinajstić information content (AvgIpc) is 3.38. The first-order valence-corrected chi connectivity index (χ1v) is 14.2. The molecule has 37 heavy (non-hydrogen) atoms. The van der Waals surface area contributed by atoms with Crippen LogP contribution in [0, 0.1) is 7.14 Å². The molecule has 0 aliphatic heterocycles. The normalized spacial score (nSPS) is 11.0. The number of carbonyl (C=O) groups excluding carboxylic acids is 1. The van der Waals surface area contributed by atoms with Crippen molar-refractivity contribution in [1.29, 1.82) is 0 Å². The van der Waals surface area contributed by atoms with E-state index in [1.807, 2.05) is 24.3 Å². The van der Waals surface area contributed by atoms with E-state index in [2.05, 4.69) is 94.7 Å². The topological polar surface area (TPSA) is 110 Å². The lowest BCUT2D eigenvalue weighted by Gasteiger charge is -2.18. The Kier molecular flexibility index (Phi) is 7.81. The van der Waals surface area contributed by atoms with E-state index in [1.54, 1.807) is 35.7 Å². The summed E-state index contributed by atoms with van der Waals surface area (Å²) >= 11 is 6.26. The SMILES string of the molecule is CN(Cc1ccc(I)c(I)c1)C(=O)c1nccnc1NCc1ccc(-c2ccc3ncnc(N)c3c2)s1. The molecule has 0 radical (unpaired) electrons. The second-order valence-electron chi connectivity index (χ2n) is 8.27. The number of halogens is 2. The molecule has 0 saturated carbocycles. The minimum Gasteiger partial charge on any atom is -0.383 e. The van der Waals surface area contributed by atoms with Gasteiger partial charge in [0, 0.05) is 48.3 Å². The van der Waals surface area contributed by atoms with E-state index in [4.69, 9.17) is 5.73 Å². The van der Waals surface area contributed by atoms with E-state index >= 15 is 0 Å². The Morgan fingerprint density at radius 2 is 1.84 bits per heavy atom. The van der Waals surface area contributed by atoms with Gasteiger partial charge in [-0.3, -0.25) is 4.79 Å². The fourth-order valence-corrected chi connectivity index (χ4v) is 5.68. The summed E-state index contributed by atoms with van der Waals surface area (Å²) in [6.45, 7) is 0.999. The van der Waals surface area contributed by atoms with Crippen LogP contribution in [0.15, 0.2) is 67.3 Å². The quantitative estimate of drug-likeness (QED) is 0.203. The van der Waals surface area contributed by atoms with Gasteiger partial charge in [-0.15, -0.1) is 11.3 Å². The van der Waals surface area contributed by atoms with Crippen molar-refractivity contribution in [3.05, 3.63) is 90.5 Å². The molecule has 5 aromatic rings. The molecule has 8 nitrogen and oxygen atoms in total. The van der Waals surface area contributed by atoms with Crippen LogP contribution in [-0.4, -0.2) is 37.8 Å². The van der Waals surface area contributed by atoms with Crippen LogP contribution in [0.3, 0.4) is 0 Å². The van der Waals surface area contributed by atoms with Crippen LogP contribution < -0.4 is 11.1 Å². The molecular weight excluding hydrogens is 712 g/mol. The van der Waals surface area contributed by atoms with Gasteiger partial charge in [-0.25, -0.2) is 19.9 Å². The minimum absolute atomic E-state index is 0.188. The average molecular weight is 733 g/mol. The number of carbonyl (C=O) groups is 1. The second kappa shape index (κ2) is 11.2. The van der Waals surface area contributed by atoms with Gasteiger partial charge in [-0.1, -0.05) is 12.1 Å². The van der Waals surface area contributed by atoms with Gasteiger partial charge >= 0.3 is 0 Å². The van der Waals surface area contributed by atoms with Crippen LogP contribution in [0.2, 0.25) is 0 Å². The van der Waals surface area contributed by atoms with Crippen LogP contribution in [0.1, 0.15) is 20.9 Å². The Morgan fingerprint density at radius 3 is 2.68 bits per heavy atom. The maximum absolute atomic E-state index is 13.2. The molecule has 0 bridgehead atoms. The molecule has 0 aliphatic rings. The number of rotatable bonds is 7. The third-order valence-electron chi connectivity index (χ3n) is 5.69. The van der Waals surface area contributed by atoms with Gasteiger partial charge in [0.25, 0.3) is 5.91 Å². The zero-order chi connectivity index (χ0) is 25.9. The van der Waals surface area contributed by atoms with Crippen LogP contribution in [-0.2, 0) is 13.1 Å². The molecule has 5 rings (SSSR count). The predicted octanol–water partition coefficient (Wildman–Crippen LogP) is 5.82. The monoisotopic (exact) mass is 733 g/mol. The van der Waals surface area contributed by atoms with Gasteiger partial charge in [0.15, 0.2) is 11.5 Å². The first kappa shape index (κ1) is 25.7. The second-order valence-corrected chi connectivity index (χ2v) is 11.8. The highest BCUT2D eigenvalue weighted by Gasteiger charge is 2.19. The number of aromatic nitrogens is 4. The van der Waals surface area contributed by atoms with E-state index in [9.17, 15) is 4.79 Å². The Hall–Kier alpha value is -2.91. The third kappa shape index (κ3) is 5.83. The minimum atomic E-state index is -0.188. The fourth-order valence-electron chi connectivity index (χ4n) is 3.82. The maximum atomic E-state index is 13.2. The first-order valence-electron chi connectivity index (χ1n) is 11.2. The molecule has 186 valence electrons. The number of anilines is 2. The lowest BCUT2D eigenvalue weighted by atomic mass is 10.1. The van der Waals surface area contributed by atoms with Crippen molar-refractivity contribution in [2.24, 2.45) is 0 Å². The molecule has 0 atom stereocenters. The molecule has 1 amide bonds. The van der Waals surface area contributed by atoms with Crippen molar-refractivity contribution in [2.75, 3.05) is 18.1 Å². The number of fused-ring (bicyclic) bond motifs is 1.